The van der Waals surface area contributed by atoms with E-state index in [1.165, 1.54) is 22.7 Å². The Morgan fingerprint density at radius 1 is 1.10 bits per heavy atom. The largest absolute Gasteiger partial charge is 0.493 e. The van der Waals surface area contributed by atoms with E-state index in [4.69, 9.17) is 15.2 Å². The number of hydrogen-bond acceptors (Lipinski definition) is 8. The molecule has 148 valence electrons. The Bertz CT molecular complexity index is 1220. The molecule has 1 amide bonds. The summed E-state index contributed by atoms with van der Waals surface area (Å²) in [6.45, 7) is 1.90. The molecule has 0 bridgehead atoms. The summed E-state index contributed by atoms with van der Waals surface area (Å²) < 4.78 is 10.6. The maximum atomic E-state index is 12.7. The van der Waals surface area contributed by atoms with E-state index < -0.39 is 0 Å². The van der Waals surface area contributed by atoms with Crippen LogP contribution in [0.1, 0.15) is 15.4 Å². The Kier molecular flexibility index (Phi) is 5.08. The smallest absolute Gasteiger partial charge is 0.269 e. The number of thiophene rings is 1. The third-order valence-electron chi connectivity index (χ3n) is 4.34. The van der Waals surface area contributed by atoms with E-state index >= 15 is 0 Å². The zero-order chi connectivity index (χ0) is 20.5. The summed E-state index contributed by atoms with van der Waals surface area (Å²) in [5, 5.41) is 5.98. The Morgan fingerprint density at radius 2 is 1.90 bits per heavy atom. The first-order valence-corrected chi connectivity index (χ1v) is 10.3. The van der Waals surface area contributed by atoms with E-state index in [1.54, 1.807) is 14.2 Å². The summed E-state index contributed by atoms with van der Waals surface area (Å²) >= 11 is 2.61. The van der Waals surface area contributed by atoms with Crippen LogP contribution in [0.5, 0.6) is 11.5 Å². The molecule has 0 aliphatic rings. The highest BCUT2D eigenvalue weighted by atomic mass is 32.1. The van der Waals surface area contributed by atoms with Gasteiger partial charge in [-0.3, -0.25) is 10.1 Å². The first kappa shape index (κ1) is 19.2. The van der Waals surface area contributed by atoms with Crippen LogP contribution in [0.3, 0.4) is 0 Å². The highest BCUT2D eigenvalue weighted by Crippen LogP contribution is 2.35. The van der Waals surface area contributed by atoms with E-state index in [9.17, 15) is 4.79 Å². The SMILES string of the molecule is COc1ccc(-c2csc(NC(=O)c3sc4nc(C)ccc4c3N)n2)cc1OC. The first-order chi connectivity index (χ1) is 14.0. The van der Waals surface area contributed by atoms with Crippen LogP contribution in [0.2, 0.25) is 0 Å². The molecule has 0 radical (unpaired) electrons. The number of carbonyl (C=O) groups excluding carboxylic acids is 1. The van der Waals surface area contributed by atoms with Crippen molar-refractivity contribution in [1.29, 1.82) is 0 Å². The molecule has 0 fully saturated rings. The highest BCUT2D eigenvalue weighted by Gasteiger charge is 2.19. The Morgan fingerprint density at radius 3 is 2.66 bits per heavy atom. The molecule has 0 saturated carbocycles. The maximum absolute atomic E-state index is 12.7. The third-order valence-corrected chi connectivity index (χ3v) is 6.21. The summed E-state index contributed by atoms with van der Waals surface area (Å²) in [4.78, 5) is 22.9. The molecular weight excluding hydrogens is 408 g/mol. The van der Waals surface area contributed by atoms with Gasteiger partial charge >= 0.3 is 0 Å². The highest BCUT2D eigenvalue weighted by molar-refractivity contribution is 7.21. The molecule has 1 aromatic carbocycles. The lowest BCUT2D eigenvalue weighted by atomic mass is 10.1. The van der Waals surface area contributed by atoms with Gasteiger partial charge in [-0.2, -0.15) is 0 Å². The van der Waals surface area contributed by atoms with Crippen LogP contribution in [0, 0.1) is 6.92 Å². The normalized spacial score (nSPS) is 10.9. The molecule has 4 rings (SSSR count). The molecule has 4 aromatic rings. The van der Waals surface area contributed by atoms with Gasteiger partial charge in [0.15, 0.2) is 16.6 Å². The number of thiazole rings is 1. The second-order valence-electron chi connectivity index (χ2n) is 6.21. The number of benzene rings is 1. The number of aromatic nitrogens is 2. The Labute approximate surface area is 175 Å². The summed E-state index contributed by atoms with van der Waals surface area (Å²) in [6.07, 6.45) is 0. The minimum absolute atomic E-state index is 0.295. The molecule has 0 spiro atoms. The third kappa shape index (κ3) is 3.62. The van der Waals surface area contributed by atoms with Gasteiger partial charge in [-0.25, -0.2) is 9.97 Å². The van der Waals surface area contributed by atoms with Gasteiger partial charge in [0.05, 0.1) is 25.6 Å². The molecule has 3 N–H and O–H groups in total. The molecule has 0 aliphatic carbocycles. The predicted molar refractivity (Wildman–Crippen MR) is 117 cm³/mol. The molecule has 7 nitrogen and oxygen atoms in total. The molecule has 0 aliphatic heterocycles. The number of ether oxygens (including phenoxy) is 2. The van der Waals surface area contributed by atoms with Gasteiger partial charge in [-0.05, 0) is 37.3 Å². The van der Waals surface area contributed by atoms with E-state index in [2.05, 4.69) is 15.3 Å². The van der Waals surface area contributed by atoms with Crippen molar-refractivity contribution in [3.05, 3.63) is 46.3 Å². The van der Waals surface area contributed by atoms with Crippen molar-refractivity contribution in [3.63, 3.8) is 0 Å². The van der Waals surface area contributed by atoms with Crippen molar-refractivity contribution >= 4 is 49.6 Å². The molecule has 3 aromatic heterocycles. The van der Waals surface area contributed by atoms with Crippen molar-refractivity contribution in [1.82, 2.24) is 9.97 Å². The minimum Gasteiger partial charge on any atom is -0.493 e. The molecule has 3 heterocycles. The predicted octanol–water partition coefficient (Wildman–Crippen LogP) is 4.58. The number of nitrogen functional groups attached to an aromatic ring is 1. The van der Waals surface area contributed by atoms with Gasteiger partial charge in [-0.1, -0.05) is 0 Å². The van der Waals surface area contributed by atoms with E-state index in [0.29, 0.717) is 27.2 Å². The minimum atomic E-state index is -0.295. The average Bonchev–Trinajstić information content (AvgIpc) is 3.31. The lowest BCUT2D eigenvalue weighted by Gasteiger charge is -2.08. The molecule has 9 heteroatoms. The van der Waals surface area contributed by atoms with Crippen molar-refractivity contribution < 1.29 is 14.3 Å². The molecular formula is C20H18N4O3S2. The number of nitrogens with one attached hydrogen (secondary N) is 1. The number of nitrogens with zero attached hydrogens (tertiary/aromatic N) is 2. The lowest BCUT2D eigenvalue weighted by Crippen LogP contribution is -2.11. The maximum Gasteiger partial charge on any atom is 0.269 e. The first-order valence-electron chi connectivity index (χ1n) is 8.65. The monoisotopic (exact) mass is 426 g/mol. The summed E-state index contributed by atoms with van der Waals surface area (Å²) in [5.41, 5.74) is 9.07. The summed E-state index contributed by atoms with van der Waals surface area (Å²) in [6, 6.07) is 9.32. The average molecular weight is 427 g/mol. The van der Waals surface area contributed by atoms with Gasteiger partial charge in [-0.15, -0.1) is 22.7 Å². The number of methoxy groups -OCH3 is 2. The van der Waals surface area contributed by atoms with Crippen LogP contribution in [0.4, 0.5) is 10.8 Å². The van der Waals surface area contributed by atoms with Gasteiger partial charge in [0.2, 0.25) is 0 Å². The fourth-order valence-electron chi connectivity index (χ4n) is 2.87. The van der Waals surface area contributed by atoms with E-state index in [1.807, 2.05) is 42.6 Å². The van der Waals surface area contributed by atoms with Gasteiger partial charge in [0.1, 0.15) is 9.71 Å². The van der Waals surface area contributed by atoms with Crippen molar-refractivity contribution in [2.24, 2.45) is 0 Å². The quantitative estimate of drug-likeness (QED) is 0.485. The fourth-order valence-corrected chi connectivity index (χ4v) is 4.62. The number of anilines is 2. The van der Waals surface area contributed by atoms with E-state index in [0.717, 1.165) is 27.2 Å². The number of fused-ring (bicyclic) bond motifs is 1. The number of hydrogen-bond donors (Lipinski definition) is 2. The standard InChI is InChI=1S/C20H18N4O3S2/c1-10-4-6-12-16(21)17(29-19(12)22-10)18(25)24-20-23-13(9-28-20)11-5-7-14(26-2)15(8-11)27-3/h4-9H,21H2,1-3H3,(H,23,24,25). The number of nitrogens with two attached hydrogens (primary N) is 1. The zero-order valence-corrected chi connectivity index (χ0v) is 17.6. The molecule has 0 saturated heterocycles. The summed E-state index contributed by atoms with van der Waals surface area (Å²) in [7, 11) is 3.17. The van der Waals surface area contributed by atoms with Crippen LogP contribution in [0.25, 0.3) is 21.5 Å². The number of rotatable bonds is 5. The number of amides is 1. The number of pyridine rings is 1. The fraction of sp³-hybridized carbons (Fsp3) is 0.150. The second kappa shape index (κ2) is 7.69. The second-order valence-corrected chi connectivity index (χ2v) is 8.07. The van der Waals surface area contributed by atoms with Crippen LogP contribution in [0.15, 0.2) is 35.7 Å². The van der Waals surface area contributed by atoms with Crippen LogP contribution in [-0.4, -0.2) is 30.1 Å². The Balaban J connectivity index is 1.58. The molecule has 0 unspecified atom stereocenters. The number of carbonyl (C=O) groups is 1. The molecule has 29 heavy (non-hydrogen) atoms. The van der Waals surface area contributed by atoms with Crippen LogP contribution < -0.4 is 20.5 Å². The number of aryl methyl sites for hydroxylation is 1. The van der Waals surface area contributed by atoms with E-state index in [-0.39, 0.29) is 5.91 Å². The lowest BCUT2D eigenvalue weighted by molar-refractivity contribution is 0.103. The van der Waals surface area contributed by atoms with Gasteiger partial charge < -0.3 is 15.2 Å². The molecule has 0 atom stereocenters. The van der Waals surface area contributed by atoms with Crippen molar-refractivity contribution in [2.45, 2.75) is 6.92 Å². The van der Waals surface area contributed by atoms with Crippen molar-refractivity contribution in [2.75, 3.05) is 25.3 Å². The van der Waals surface area contributed by atoms with Crippen LogP contribution >= 0.6 is 22.7 Å². The Hall–Kier alpha value is -3.17. The topological polar surface area (TPSA) is 99.4 Å². The summed E-state index contributed by atoms with van der Waals surface area (Å²) in [5.74, 6) is 0.963. The van der Waals surface area contributed by atoms with Gasteiger partial charge in [0, 0.05) is 22.0 Å². The van der Waals surface area contributed by atoms with Crippen LogP contribution in [-0.2, 0) is 0 Å². The van der Waals surface area contributed by atoms with Gasteiger partial charge in [0.25, 0.3) is 5.91 Å². The zero-order valence-electron chi connectivity index (χ0n) is 16.0. The van der Waals surface area contributed by atoms with Crippen molar-refractivity contribution in [3.8, 4) is 22.8 Å².